The molecule has 0 aromatic heterocycles. The summed E-state index contributed by atoms with van der Waals surface area (Å²) < 4.78 is 11.0. The molecule has 2 aromatic carbocycles. The molecule has 0 heterocycles. The van der Waals surface area contributed by atoms with Gasteiger partial charge in [-0.3, -0.25) is 4.79 Å². The summed E-state index contributed by atoms with van der Waals surface area (Å²) in [7, 11) is 1.56. The van der Waals surface area contributed by atoms with Gasteiger partial charge in [0, 0.05) is 5.02 Å². The normalized spacial score (nSPS) is 19.2. The molecular weight excluding hydrogens is 314 g/mol. The van der Waals surface area contributed by atoms with E-state index in [4.69, 9.17) is 21.1 Å². The van der Waals surface area contributed by atoms with Crippen LogP contribution in [0.1, 0.15) is 12.0 Å². The van der Waals surface area contributed by atoms with Gasteiger partial charge in [0.2, 0.25) is 5.91 Å². The van der Waals surface area contributed by atoms with E-state index in [0.717, 1.165) is 12.0 Å². The van der Waals surface area contributed by atoms with Gasteiger partial charge in [0.25, 0.3) is 0 Å². The van der Waals surface area contributed by atoms with Crippen LogP contribution < -0.4 is 10.1 Å². The van der Waals surface area contributed by atoms with Gasteiger partial charge in [-0.15, -0.1) is 0 Å². The van der Waals surface area contributed by atoms with Gasteiger partial charge < -0.3 is 14.8 Å². The molecule has 0 spiro atoms. The number of amides is 1. The van der Waals surface area contributed by atoms with Crippen molar-refractivity contribution in [2.45, 2.75) is 19.1 Å². The fourth-order valence-electron chi connectivity index (χ4n) is 2.41. The first-order valence-corrected chi connectivity index (χ1v) is 7.85. The fraction of sp³-hybridized carbons (Fsp3) is 0.278. The van der Waals surface area contributed by atoms with Crippen molar-refractivity contribution >= 4 is 23.2 Å². The number of methoxy groups -OCH3 is 1. The molecule has 1 saturated carbocycles. The number of rotatable bonds is 6. The smallest absolute Gasteiger partial charge is 0.230 e. The fourth-order valence-corrected chi connectivity index (χ4v) is 2.58. The van der Waals surface area contributed by atoms with Crippen LogP contribution in [-0.2, 0) is 16.1 Å². The number of carbonyl (C=O) groups is 1. The summed E-state index contributed by atoms with van der Waals surface area (Å²) >= 11 is 5.97. The molecule has 2 atom stereocenters. The zero-order valence-corrected chi connectivity index (χ0v) is 13.5. The van der Waals surface area contributed by atoms with E-state index in [2.05, 4.69) is 5.32 Å². The van der Waals surface area contributed by atoms with Crippen LogP contribution in [0.5, 0.6) is 5.75 Å². The third-order valence-electron chi connectivity index (χ3n) is 3.79. The summed E-state index contributed by atoms with van der Waals surface area (Å²) in [4.78, 5) is 12.3. The first-order chi connectivity index (χ1) is 11.2. The van der Waals surface area contributed by atoms with Gasteiger partial charge in [0.05, 0.1) is 31.4 Å². The van der Waals surface area contributed by atoms with Crippen LogP contribution in [0.4, 0.5) is 5.69 Å². The van der Waals surface area contributed by atoms with Crippen LogP contribution in [0.25, 0.3) is 0 Å². The molecule has 4 nitrogen and oxygen atoms in total. The lowest BCUT2D eigenvalue weighted by atomic mass is 10.2. The molecule has 2 unspecified atom stereocenters. The maximum Gasteiger partial charge on any atom is 0.230 e. The molecule has 23 heavy (non-hydrogen) atoms. The van der Waals surface area contributed by atoms with E-state index < -0.39 is 0 Å². The molecule has 1 fully saturated rings. The highest BCUT2D eigenvalue weighted by molar-refractivity contribution is 6.31. The summed E-state index contributed by atoms with van der Waals surface area (Å²) in [6.45, 7) is 0.524. The molecule has 2 aromatic rings. The van der Waals surface area contributed by atoms with E-state index in [-0.39, 0.29) is 17.9 Å². The Morgan fingerprint density at radius 1 is 1.26 bits per heavy atom. The second kappa shape index (κ2) is 7.02. The van der Waals surface area contributed by atoms with Gasteiger partial charge in [-0.25, -0.2) is 0 Å². The van der Waals surface area contributed by atoms with E-state index in [1.165, 1.54) is 0 Å². The van der Waals surface area contributed by atoms with Gasteiger partial charge in [-0.2, -0.15) is 0 Å². The lowest BCUT2D eigenvalue weighted by Gasteiger charge is -2.10. The topological polar surface area (TPSA) is 47.6 Å². The Labute approximate surface area is 140 Å². The van der Waals surface area contributed by atoms with Gasteiger partial charge in [0.15, 0.2) is 0 Å². The maximum absolute atomic E-state index is 12.3. The van der Waals surface area contributed by atoms with E-state index in [1.54, 1.807) is 25.3 Å². The minimum Gasteiger partial charge on any atom is -0.495 e. The van der Waals surface area contributed by atoms with Crippen molar-refractivity contribution < 1.29 is 14.3 Å². The van der Waals surface area contributed by atoms with Crippen molar-refractivity contribution in [2.24, 2.45) is 5.92 Å². The molecule has 120 valence electrons. The Hall–Kier alpha value is -2.04. The maximum atomic E-state index is 12.3. The molecule has 0 bridgehead atoms. The second-order valence-corrected chi connectivity index (χ2v) is 5.95. The Morgan fingerprint density at radius 3 is 2.78 bits per heavy atom. The number of nitrogens with one attached hydrogen (secondary N) is 1. The molecule has 1 aliphatic carbocycles. The third kappa shape index (κ3) is 4.03. The highest BCUT2D eigenvalue weighted by Gasteiger charge is 2.44. The molecule has 1 amide bonds. The van der Waals surface area contributed by atoms with Gasteiger partial charge in [-0.05, 0) is 30.2 Å². The minimum absolute atomic E-state index is 0.0274. The van der Waals surface area contributed by atoms with Gasteiger partial charge in [0.1, 0.15) is 5.75 Å². The van der Waals surface area contributed by atoms with E-state index in [0.29, 0.717) is 23.1 Å². The van der Waals surface area contributed by atoms with Crippen LogP contribution in [0, 0.1) is 5.92 Å². The Balaban J connectivity index is 1.53. The predicted molar refractivity (Wildman–Crippen MR) is 89.8 cm³/mol. The summed E-state index contributed by atoms with van der Waals surface area (Å²) in [6.07, 6.45) is 0.710. The SMILES string of the molecule is COc1ccc(Cl)cc1NC(=O)C1CC1OCc1ccccc1. The number of anilines is 1. The van der Waals surface area contributed by atoms with Crippen LogP contribution in [0.15, 0.2) is 48.5 Å². The highest BCUT2D eigenvalue weighted by atomic mass is 35.5. The molecule has 1 N–H and O–H groups in total. The Bertz CT molecular complexity index is 690. The monoisotopic (exact) mass is 331 g/mol. The van der Waals surface area contributed by atoms with Crippen LogP contribution in [-0.4, -0.2) is 19.1 Å². The average Bonchev–Trinajstić information content (AvgIpc) is 3.34. The van der Waals surface area contributed by atoms with Crippen molar-refractivity contribution in [2.75, 3.05) is 12.4 Å². The van der Waals surface area contributed by atoms with Crippen molar-refractivity contribution in [3.05, 3.63) is 59.1 Å². The predicted octanol–water partition coefficient (Wildman–Crippen LogP) is 3.89. The molecule has 3 rings (SSSR count). The zero-order valence-electron chi connectivity index (χ0n) is 12.8. The minimum atomic E-state index is -0.123. The van der Waals surface area contributed by atoms with Crippen LogP contribution >= 0.6 is 11.6 Å². The second-order valence-electron chi connectivity index (χ2n) is 5.51. The lowest BCUT2D eigenvalue weighted by Crippen LogP contribution is -2.17. The molecule has 0 radical (unpaired) electrons. The van der Waals surface area contributed by atoms with E-state index in [1.807, 2.05) is 30.3 Å². The zero-order chi connectivity index (χ0) is 16.2. The Kier molecular flexibility index (Phi) is 4.84. The number of hydrogen-bond donors (Lipinski definition) is 1. The number of carbonyl (C=O) groups excluding carboxylic acids is 1. The largest absolute Gasteiger partial charge is 0.495 e. The van der Waals surface area contributed by atoms with Crippen LogP contribution in [0.3, 0.4) is 0 Å². The first-order valence-electron chi connectivity index (χ1n) is 7.47. The van der Waals surface area contributed by atoms with Gasteiger partial charge >= 0.3 is 0 Å². The number of halogens is 1. The summed E-state index contributed by atoms with van der Waals surface area (Å²) in [6, 6.07) is 15.1. The standard InChI is InChI=1S/C18H18ClNO3/c1-22-16-8-7-13(19)9-15(16)20-18(21)14-10-17(14)23-11-12-5-3-2-4-6-12/h2-9,14,17H,10-11H2,1H3,(H,20,21). The molecule has 5 heteroatoms. The van der Waals surface area contributed by atoms with E-state index in [9.17, 15) is 4.79 Å². The quantitative estimate of drug-likeness (QED) is 0.873. The number of benzene rings is 2. The van der Waals surface area contributed by atoms with Gasteiger partial charge in [-0.1, -0.05) is 41.9 Å². The van der Waals surface area contributed by atoms with E-state index >= 15 is 0 Å². The molecule has 0 saturated heterocycles. The number of hydrogen-bond acceptors (Lipinski definition) is 3. The van der Waals surface area contributed by atoms with Crippen molar-refractivity contribution in [3.63, 3.8) is 0 Å². The van der Waals surface area contributed by atoms with Crippen molar-refractivity contribution in [1.29, 1.82) is 0 Å². The Morgan fingerprint density at radius 2 is 2.04 bits per heavy atom. The first kappa shape index (κ1) is 15.8. The van der Waals surface area contributed by atoms with Crippen LogP contribution in [0.2, 0.25) is 5.02 Å². The average molecular weight is 332 g/mol. The highest BCUT2D eigenvalue weighted by Crippen LogP contribution is 2.37. The summed E-state index contributed by atoms with van der Waals surface area (Å²) in [5.74, 6) is 0.399. The third-order valence-corrected chi connectivity index (χ3v) is 4.03. The lowest BCUT2D eigenvalue weighted by molar-refractivity contribution is -0.118. The van der Waals surface area contributed by atoms with Crippen molar-refractivity contribution in [3.8, 4) is 5.75 Å². The number of ether oxygens (including phenoxy) is 2. The molecular formula is C18H18ClNO3. The van der Waals surface area contributed by atoms with Crippen molar-refractivity contribution in [1.82, 2.24) is 0 Å². The molecule has 1 aliphatic rings. The summed E-state index contributed by atoms with van der Waals surface area (Å²) in [5.41, 5.74) is 1.69. The summed E-state index contributed by atoms with van der Waals surface area (Å²) in [5, 5.41) is 3.41. The molecule has 0 aliphatic heterocycles.